The SMILES string of the molecule is COc1cccc(-c2ccc(SCC(=O)c3ccc(Cl)cc3)nn2)c1. The van der Waals surface area contributed by atoms with Gasteiger partial charge in [-0.3, -0.25) is 4.79 Å². The van der Waals surface area contributed by atoms with Crippen molar-refractivity contribution in [3.05, 3.63) is 71.2 Å². The summed E-state index contributed by atoms with van der Waals surface area (Å²) in [6, 6.07) is 18.3. The third kappa shape index (κ3) is 4.59. The van der Waals surface area contributed by atoms with Crippen molar-refractivity contribution < 1.29 is 9.53 Å². The third-order valence-electron chi connectivity index (χ3n) is 3.52. The van der Waals surface area contributed by atoms with E-state index in [0.29, 0.717) is 21.4 Å². The number of rotatable bonds is 6. The largest absolute Gasteiger partial charge is 0.497 e. The van der Waals surface area contributed by atoms with Gasteiger partial charge in [-0.25, -0.2) is 0 Å². The number of methoxy groups -OCH3 is 1. The second-order valence-electron chi connectivity index (χ2n) is 5.21. The maximum atomic E-state index is 12.2. The Morgan fingerprint density at radius 3 is 2.56 bits per heavy atom. The van der Waals surface area contributed by atoms with Gasteiger partial charge < -0.3 is 4.74 Å². The molecule has 1 aromatic heterocycles. The molecule has 0 aliphatic carbocycles. The lowest BCUT2D eigenvalue weighted by Crippen LogP contribution is -2.02. The first-order valence-corrected chi connectivity index (χ1v) is 8.92. The van der Waals surface area contributed by atoms with Gasteiger partial charge in [0.05, 0.1) is 18.6 Å². The average Bonchev–Trinajstić information content (AvgIpc) is 2.67. The van der Waals surface area contributed by atoms with Gasteiger partial charge in [-0.2, -0.15) is 0 Å². The third-order valence-corrected chi connectivity index (χ3v) is 4.69. The summed E-state index contributed by atoms with van der Waals surface area (Å²) < 4.78 is 5.22. The predicted molar refractivity (Wildman–Crippen MR) is 101 cm³/mol. The Morgan fingerprint density at radius 1 is 1.08 bits per heavy atom. The number of thioether (sulfide) groups is 1. The number of ketones is 1. The number of halogens is 1. The Hall–Kier alpha value is -2.37. The van der Waals surface area contributed by atoms with Gasteiger partial charge in [0.25, 0.3) is 0 Å². The highest BCUT2D eigenvalue weighted by atomic mass is 35.5. The highest BCUT2D eigenvalue weighted by Gasteiger charge is 2.08. The van der Waals surface area contributed by atoms with Gasteiger partial charge in [-0.1, -0.05) is 35.5 Å². The molecule has 1 heterocycles. The second kappa shape index (κ2) is 8.14. The Kier molecular flexibility index (Phi) is 5.68. The maximum absolute atomic E-state index is 12.2. The van der Waals surface area contributed by atoms with Gasteiger partial charge in [-0.15, -0.1) is 10.2 Å². The van der Waals surface area contributed by atoms with Gasteiger partial charge >= 0.3 is 0 Å². The fourth-order valence-electron chi connectivity index (χ4n) is 2.19. The smallest absolute Gasteiger partial charge is 0.173 e. The lowest BCUT2D eigenvalue weighted by molar-refractivity contribution is 0.102. The van der Waals surface area contributed by atoms with Crippen molar-refractivity contribution in [3.63, 3.8) is 0 Å². The fourth-order valence-corrected chi connectivity index (χ4v) is 3.03. The standard InChI is InChI=1S/C19H15ClN2O2S/c1-24-16-4-2-3-14(11-16)17-9-10-19(22-21-17)25-12-18(23)13-5-7-15(20)8-6-13/h2-11H,12H2,1H3. The monoisotopic (exact) mass is 370 g/mol. The number of ether oxygens (including phenoxy) is 1. The number of Topliss-reactive ketones (excluding diaryl/α,β-unsaturated/α-hetero) is 1. The van der Waals surface area contributed by atoms with E-state index < -0.39 is 0 Å². The summed E-state index contributed by atoms with van der Waals surface area (Å²) in [5.74, 6) is 1.10. The molecule has 0 bridgehead atoms. The van der Waals surface area contributed by atoms with Crippen LogP contribution in [0.4, 0.5) is 0 Å². The molecule has 4 nitrogen and oxygen atoms in total. The first-order chi connectivity index (χ1) is 12.2. The Balaban J connectivity index is 1.64. The molecule has 6 heteroatoms. The van der Waals surface area contributed by atoms with E-state index in [0.717, 1.165) is 17.0 Å². The minimum atomic E-state index is 0.0281. The van der Waals surface area contributed by atoms with Gasteiger partial charge in [0.2, 0.25) is 0 Å². The zero-order valence-corrected chi connectivity index (χ0v) is 15.1. The van der Waals surface area contributed by atoms with Crippen molar-refractivity contribution in [1.82, 2.24) is 10.2 Å². The zero-order chi connectivity index (χ0) is 17.6. The molecule has 0 amide bonds. The van der Waals surface area contributed by atoms with Crippen LogP contribution in [0.25, 0.3) is 11.3 Å². The molecule has 0 fully saturated rings. The maximum Gasteiger partial charge on any atom is 0.173 e. The van der Waals surface area contributed by atoms with Gasteiger partial charge in [-0.05, 0) is 48.5 Å². The van der Waals surface area contributed by atoms with Crippen molar-refractivity contribution in [1.29, 1.82) is 0 Å². The van der Waals surface area contributed by atoms with Gasteiger partial charge in [0.1, 0.15) is 10.8 Å². The number of benzene rings is 2. The minimum absolute atomic E-state index is 0.0281. The van der Waals surface area contributed by atoms with E-state index in [2.05, 4.69) is 10.2 Å². The van der Waals surface area contributed by atoms with E-state index in [1.807, 2.05) is 36.4 Å². The summed E-state index contributed by atoms with van der Waals surface area (Å²) in [4.78, 5) is 12.2. The fraction of sp³-hybridized carbons (Fsp3) is 0.105. The zero-order valence-electron chi connectivity index (χ0n) is 13.5. The molecule has 3 aromatic rings. The molecular formula is C19H15ClN2O2S. The first kappa shape index (κ1) is 17.5. The van der Waals surface area contributed by atoms with Crippen LogP contribution in [0.1, 0.15) is 10.4 Å². The molecule has 0 unspecified atom stereocenters. The molecule has 0 atom stereocenters. The molecule has 2 aromatic carbocycles. The van der Waals surface area contributed by atoms with Crippen LogP contribution in [-0.2, 0) is 0 Å². The van der Waals surface area contributed by atoms with Crippen molar-refractivity contribution in [2.45, 2.75) is 5.03 Å². The highest BCUT2D eigenvalue weighted by Crippen LogP contribution is 2.23. The van der Waals surface area contributed by atoms with Crippen LogP contribution < -0.4 is 4.74 Å². The first-order valence-electron chi connectivity index (χ1n) is 7.55. The van der Waals surface area contributed by atoms with Crippen LogP contribution in [0.2, 0.25) is 5.02 Å². The second-order valence-corrected chi connectivity index (χ2v) is 6.64. The van der Waals surface area contributed by atoms with E-state index in [-0.39, 0.29) is 5.78 Å². The number of carbonyl (C=O) groups excluding carboxylic acids is 1. The number of aromatic nitrogens is 2. The quantitative estimate of drug-likeness (QED) is 0.461. The van der Waals surface area contributed by atoms with Crippen LogP contribution in [0.5, 0.6) is 5.75 Å². The predicted octanol–water partition coefficient (Wildman–Crippen LogP) is 4.78. The minimum Gasteiger partial charge on any atom is -0.497 e. The number of hydrogen-bond acceptors (Lipinski definition) is 5. The molecule has 25 heavy (non-hydrogen) atoms. The van der Waals surface area contributed by atoms with E-state index in [9.17, 15) is 4.79 Å². The lowest BCUT2D eigenvalue weighted by atomic mass is 10.1. The van der Waals surface area contributed by atoms with Crippen LogP contribution >= 0.6 is 23.4 Å². The molecule has 0 saturated carbocycles. The summed E-state index contributed by atoms with van der Waals surface area (Å²) in [6.45, 7) is 0. The van der Waals surface area contributed by atoms with Crippen molar-refractivity contribution >= 4 is 29.1 Å². The van der Waals surface area contributed by atoms with Gasteiger partial charge in [0.15, 0.2) is 5.78 Å². The summed E-state index contributed by atoms with van der Waals surface area (Å²) in [5.41, 5.74) is 2.32. The highest BCUT2D eigenvalue weighted by molar-refractivity contribution is 7.99. The molecule has 0 aliphatic rings. The normalized spacial score (nSPS) is 10.5. The molecule has 3 rings (SSSR count). The van der Waals surface area contributed by atoms with Crippen LogP contribution in [0, 0.1) is 0 Å². The van der Waals surface area contributed by atoms with E-state index in [4.69, 9.17) is 16.3 Å². The molecule has 0 radical (unpaired) electrons. The number of nitrogens with zero attached hydrogens (tertiary/aromatic N) is 2. The van der Waals surface area contributed by atoms with E-state index in [1.165, 1.54) is 11.8 Å². The Morgan fingerprint density at radius 2 is 1.88 bits per heavy atom. The van der Waals surface area contributed by atoms with E-state index >= 15 is 0 Å². The Labute approximate surface area is 155 Å². The molecule has 126 valence electrons. The molecule has 0 saturated heterocycles. The summed E-state index contributed by atoms with van der Waals surface area (Å²) in [7, 11) is 1.63. The topological polar surface area (TPSA) is 52.1 Å². The van der Waals surface area contributed by atoms with Crippen LogP contribution in [-0.4, -0.2) is 28.8 Å². The van der Waals surface area contributed by atoms with E-state index in [1.54, 1.807) is 31.4 Å². The number of carbonyl (C=O) groups is 1. The average molecular weight is 371 g/mol. The summed E-state index contributed by atoms with van der Waals surface area (Å²) >= 11 is 7.19. The summed E-state index contributed by atoms with van der Waals surface area (Å²) in [5, 5.41) is 9.74. The van der Waals surface area contributed by atoms with Gasteiger partial charge in [0, 0.05) is 16.1 Å². The lowest BCUT2D eigenvalue weighted by Gasteiger charge is -2.05. The van der Waals surface area contributed by atoms with Crippen molar-refractivity contribution in [2.75, 3.05) is 12.9 Å². The summed E-state index contributed by atoms with van der Waals surface area (Å²) in [6.07, 6.45) is 0. The van der Waals surface area contributed by atoms with Crippen molar-refractivity contribution in [2.24, 2.45) is 0 Å². The van der Waals surface area contributed by atoms with Crippen LogP contribution in [0.3, 0.4) is 0 Å². The molecular weight excluding hydrogens is 356 g/mol. The molecule has 0 N–H and O–H groups in total. The molecule has 0 spiro atoms. The number of hydrogen-bond donors (Lipinski definition) is 0. The molecule has 0 aliphatic heterocycles. The Bertz CT molecular complexity index is 867. The van der Waals surface area contributed by atoms with Crippen LogP contribution in [0.15, 0.2) is 65.7 Å². The van der Waals surface area contributed by atoms with Crippen molar-refractivity contribution in [3.8, 4) is 17.0 Å².